The number of hydrogen-bond acceptors (Lipinski definition) is 3. The van der Waals surface area contributed by atoms with Crippen LogP contribution in [0.5, 0.6) is 0 Å². The number of aryl methyl sites for hydroxylation is 1. The minimum absolute atomic E-state index is 0.166. The van der Waals surface area contributed by atoms with Gasteiger partial charge >= 0.3 is 0 Å². The molecule has 136 valence electrons. The lowest BCUT2D eigenvalue weighted by Gasteiger charge is -2.34. The van der Waals surface area contributed by atoms with E-state index in [2.05, 4.69) is 6.58 Å². The SMILES string of the molecule is C=C(C)[C@]12CCN(S(=O)(=O)c3ccc(C)cc3)C[C@](C)(C1)[C@H](C)C2=O. The fourth-order valence-electron chi connectivity index (χ4n) is 4.50. The topological polar surface area (TPSA) is 54.5 Å². The van der Waals surface area contributed by atoms with E-state index in [-0.39, 0.29) is 17.1 Å². The Kier molecular flexibility index (Phi) is 4.24. The van der Waals surface area contributed by atoms with E-state index in [9.17, 15) is 13.2 Å². The zero-order valence-electron chi connectivity index (χ0n) is 15.5. The second-order valence-corrected chi connectivity index (χ2v) is 10.1. The highest BCUT2D eigenvalue weighted by Gasteiger charge is 2.59. The average molecular weight is 362 g/mol. The fraction of sp³-hybridized carbons (Fsp3) is 0.550. The van der Waals surface area contributed by atoms with Crippen molar-refractivity contribution in [2.75, 3.05) is 13.1 Å². The molecule has 0 spiro atoms. The number of rotatable bonds is 3. The van der Waals surface area contributed by atoms with Crippen molar-refractivity contribution in [3.63, 3.8) is 0 Å². The number of ketones is 1. The normalized spacial score (nSPS) is 33.3. The molecular formula is C20H27NO3S. The number of allylic oxidation sites excluding steroid dienone is 1. The van der Waals surface area contributed by atoms with Gasteiger partial charge in [-0.2, -0.15) is 4.31 Å². The molecule has 1 aliphatic carbocycles. The lowest BCUT2D eigenvalue weighted by Crippen LogP contribution is -2.43. The van der Waals surface area contributed by atoms with Crippen molar-refractivity contribution in [1.29, 1.82) is 0 Å². The molecule has 3 atom stereocenters. The summed E-state index contributed by atoms with van der Waals surface area (Å²) >= 11 is 0. The molecule has 2 aliphatic rings. The number of benzene rings is 1. The Hall–Kier alpha value is -1.46. The molecule has 2 bridgehead atoms. The Morgan fingerprint density at radius 3 is 2.44 bits per heavy atom. The van der Waals surface area contributed by atoms with Gasteiger partial charge in [0.1, 0.15) is 5.78 Å². The molecule has 3 rings (SSSR count). The van der Waals surface area contributed by atoms with Crippen LogP contribution in [-0.4, -0.2) is 31.6 Å². The first kappa shape index (κ1) is 18.3. The van der Waals surface area contributed by atoms with E-state index in [1.807, 2.05) is 39.8 Å². The summed E-state index contributed by atoms with van der Waals surface area (Å²) in [6, 6.07) is 6.97. The number of fused-ring (bicyclic) bond motifs is 2. The molecule has 4 nitrogen and oxygen atoms in total. The van der Waals surface area contributed by atoms with E-state index < -0.39 is 15.4 Å². The van der Waals surface area contributed by atoms with Crippen LogP contribution in [0.1, 0.15) is 39.2 Å². The third kappa shape index (κ3) is 2.68. The first-order chi connectivity index (χ1) is 11.5. The smallest absolute Gasteiger partial charge is 0.243 e. The van der Waals surface area contributed by atoms with Crippen LogP contribution in [-0.2, 0) is 14.8 Å². The summed E-state index contributed by atoms with van der Waals surface area (Å²) in [6.07, 6.45) is 1.21. The molecule has 0 amide bonds. The highest BCUT2D eigenvalue weighted by Crippen LogP contribution is 2.57. The van der Waals surface area contributed by atoms with E-state index in [4.69, 9.17) is 0 Å². The number of hydrogen-bond donors (Lipinski definition) is 0. The number of sulfonamides is 1. The molecule has 0 N–H and O–H groups in total. The molecule has 5 heteroatoms. The summed E-state index contributed by atoms with van der Waals surface area (Å²) in [4.78, 5) is 13.3. The third-order valence-electron chi connectivity index (χ3n) is 6.42. The second-order valence-electron chi connectivity index (χ2n) is 8.18. The highest BCUT2D eigenvalue weighted by atomic mass is 32.2. The standard InChI is InChI=1S/C20H27NO3S/c1-14(2)20-10-11-21(13-19(5,12-20)16(4)18(20)22)25(23,24)17-8-6-15(3)7-9-17/h6-9,16H,1,10-13H2,2-5H3/t16-,19+,20+/m1/s1. The maximum Gasteiger partial charge on any atom is 0.243 e. The van der Waals surface area contributed by atoms with Crippen molar-refractivity contribution in [3.05, 3.63) is 42.0 Å². The third-order valence-corrected chi connectivity index (χ3v) is 8.28. The summed E-state index contributed by atoms with van der Waals surface area (Å²) < 4.78 is 27.9. The number of carbonyl (C=O) groups is 1. The number of nitrogens with zero attached hydrogens (tertiary/aromatic N) is 1. The molecule has 1 aromatic carbocycles. The Labute approximate surface area is 151 Å². The molecule has 1 heterocycles. The second kappa shape index (κ2) is 5.78. The lowest BCUT2D eigenvalue weighted by molar-refractivity contribution is -0.128. The first-order valence-corrected chi connectivity index (χ1v) is 10.2. The van der Waals surface area contributed by atoms with Crippen LogP contribution in [0.25, 0.3) is 0 Å². The molecule has 1 aromatic rings. The summed E-state index contributed by atoms with van der Waals surface area (Å²) in [5.74, 6) is 0.0649. The predicted molar refractivity (Wildman–Crippen MR) is 98.7 cm³/mol. The van der Waals surface area contributed by atoms with Gasteiger partial charge in [0, 0.05) is 19.0 Å². The van der Waals surface area contributed by atoms with Gasteiger partial charge in [-0.05, 0) is 44.2 Å². The quantitative estimate of drug-likeness (QED) is 0.774. The van der Waals surface area contributed by atoms with E-state index >= 15 is 0 Å². The monoisotopic (exact) mass is 361 g/mol. The van der Waals surface area contributed by atoms with Gasteiger partial charge in [0.05, 0.1) is 10.3 Å². The maximum absolute atomic E-state index is 13.2. The van der Waals surface area contributed by atoms with Gasteiger partial charge in [-0.1, -0.05) is 43.7 Å². The molecule has 0 radical (unpaired) electrons. The van der Waals surface area contributed by atoms with Gasteiger partial charge in [-0.15, -0.1) is 0 Å². The van der Waals surface area contributed by atoms with Crippen LogP contribution in [0, 0.1) is 23.7 Å². The van der Waals surface area contributed by atoms with Crippen LogP contribution >= 0.6 is 0 Å². The predicted octanol–water partition coefficient (Wildman–Crippen LogP) is 3.57. The van der Waals surface area contributed by atoms with Crippen molar-refractivity contribution in [2.24, 2.45) is 16.7 Å². The van der Waals surface area contributed by atoms with E-state index in [1.54, 1.807) is 16.4 Å². The van der Waals surface area contributed by atoms with Gasteiger partial charge in [0.2, 0.25) is 10.0 Å². The minimum atomic E-state index is -3.56. The maximum atomic E-state index is 13.2. The van der Waals surface area contributed by atoms with Gasteiger partial charge in [0.15, 0.2) is 0 Å². The number of carbonyl (C=O) groups excluding carboxylic acids is 1. The van der Waals surface area contributed by atoms with Gasteiger partial charge in [-0.3, -0.25) is 4.79 Å². The lowest BCUT2D eigenvalue weighted by atomic mass is 9.74. The Morgan fingerprint density at radius 2 is 1.88 bits per heavy atom. The number of Topliss-reactive ketones (excluding diaryl/α,β-unsaturated/α-hetero) is 1. The Bertz CT molecular complexity index is 827. The van der Waals surface area contributed by atoms with Gasteiger partial charge in [0.25, 0.3) is 0 Å². The molecule has 1 saturated heterocycles. The Balaban J connectivity index is 2.01. The zero-order valence-corrected chi connectivity index (χ0v) is 16.3. The van der Waals surface area contributed by atoms with Crippen molar-refractivity contribution < 1.29 is 13.2 Å². The molecule has 0 aromatic heterocycles. The summed E-state index contributed by atoms with van der Waals surface area (Å²) in [5.41, 5.74) is 0.958. The first-order valence-electron chi connectivity index (χ1n) is 8.80. The van der Waals surface area contributed by atoms with Crippen LogP contribution in [0.15, 0.2) is 41.3 Å². The van der Waals surface area contributed by atoms with Crippen molar-refractivity contribution in [2.45, 2.75) is 45.4 Å². The van der Waals surface area contributed by atoms with Crippen molar-refractivity contribution in [1.82, 2.24) is 4.31 Å². The van der Waals surface area contributed by atoms with Crippen molar-refractivity contribution >= 4 is 15.8 Å². The Morgan fingerprint density at radius 1 is 1.28 bits per heavy atom. The fourth-order valence-corrected chi connectivity index (χ4v) is 6.08. The minimum Gasteiger partial charge on any atom is -0.298 e. The van der Waals surface area contributed by atoms with Crippen molar-refractivity contribution in [3.8, 4) is 0 Å². The van der Waals surface area contributed by atoms with Gasteiger partial charge < -0.3 is 0 Å². The molecule has 25 heavy (non-hydrogen) atoms. The molecule has 2 fully saturated rings. The van der Waals surface area contributed by atoms with Gasteiger partial charge in [-0.25, -0.2) is 8.42 Å². The summed E-state index contributed by atoms with van der Waals surface area (Å²) in [7, 11) is -3.56. The van der Waals surface area contributed by atoms with E-state index in [0.29, 0.717) is 30.8 Å². The van der Waals surface area contributed by atoms with Crippen LogP contribution in [0.3, 0.4) is 0 Å². The molecule has 0 unspecified atom stereocenters. The van der Waals surface area contributed by atoms with Crippen LogP contribution in [0.2, 0.25) is 0 Å². The molecular weight excluding hydrogens is 334 g/mol. The highest BCUT2D eigenvalue weighted by molar-refractivity contribution is 7.89. The zero-order chi connectivity index (χ0) is 18.6. The van der Waals surface area contributed by atoms with Crippen LogP contribution in [0.4, 0.5) is 0 Å². The van der Waals surface area contributed by atoms with Crippen LogP contribution < -0.4 is 0 Å². The largest absolute Gasteiger partial charge is 0.298 e. The molecule has 1 aliphatic heterocycles. The van der Waals surface area contributed by atoms with E-state index in [1.165, 1.54) is 0 Å². The average Bonchev–Trinajstić information content (AvgIpc) is 2.67. The van der Waals surface area contributed by atoms with E-state index in [0.717, 1.165) is 11.1 Å². The summed E-state index contributed by atoms with van der Waals surface area (Å²) in [6.45, 7) is 12.6. The summed E-state index contributed by atoms with van der Waals surface area (Å²) in [5, 5.41) is 0. The molecule has 1 saturated carbocycles.